The molecule has 1 aromatic heterocycles. The van der Waals surface area contributed by atoms with Crippen molar-refractivity contribution in [1.29, 1.82) is 0 Å². The highest BCUT2D eigenvalue weighted by atomic mass is 16.3. The van der Waals surface area contributed by atoms with Crippen LogP contribution in [0, 0.1) is 5.92 Å². The van der Waals surface area contributed by atoms with Crippen LogP contribution in [0.25, 0.3) is 10.9 Å². The van der Waals surface area contributed by atoms with Gasteiger partial charge >= 0.3 is 0 Å². The highest BCUT2D eigenvalue weighted by molar-refractivity contribution is 5.87. The van der Waals surface area contributed by atoms with Crippen LogP contribution in [0.4, 0.5) is 0 Å². The van der Waals surface area contributed by atoms with Crippen molar-refractivity contribution < 1.29 is 5.11 Å². The first-order valence-corrected chi connectivity index (χ1v) is 12.6. The van der Waals surface area contributed by atoms with E-state index in [2.05, 4.69) is 62.9 Å². The predicted molar refractivity (Wildman–Crippen MR) is 128 cm³/mol. The quantitative estimate of drug-likeness (QED) is 0.670. The van der Waals surface area contributed by atoms with E-state index in [0.29, 0.717) is 12.0 Å². The Kier molecular flexibility index (Phi) is 4.34. The van der Waals surface area contributed by atoms with Gasteiger partial charge in [-0.2, -0.15) is 0 Å². The van der Waals surface area contributed by atoms with Gasteiger partial charge in [-0.05, 0) is 79.9 Å². The second-order valence-corrected chi connectivity index (χ2v) is 10.6. The molecule has 32 heavy (non-hydrogen) atoms. The van der Waals surface area contributed by atoms with E-state index >= 15 is 0 Å². The number of hydrogen-bond acceptors (Lipinski definition) is 3. The average Bonchev–Trinajstić information content (AvgIpc) is 3.17. The van der Waals surface area contributed by atoms with E-state index in [1.807, 2.05) is 0 Å². The summed E-state index contributed by atoms with van der Waals surface area (Å²) in [4.78, 5) is 5.16. The Bertz CT molecular complexity index is 1160. The van der Waals surface area contributed by atoms with Gasteiger partial charge in [-0.1, -0.05) is 36.4 Å². The number of benzene rings is 2. The zero-order valence-corrected chi connectivity index (χ0v) is 18.8. The molecule has 5 heterocycles. The van der Waals surface area contributed by atoms with Crippen molar-refractivity contribution in [3.05, 3.63) is 70.9 Å². The van der Waals surface area contributed by atoms with Crippen molar-refractivity contribution in [2.24, 2.45) is 5.92 Å². The summed E-state index contributed by atoms with van der Waals surface area (Å²) in [6, 6.07) is 18.4. The Morgan fingerprint density at radius 3 is 2.56 bits per heavy atom. The Hall–Kier alpha value is -2.14. The number of rotatable bonds is 3. The Balaban J connectivity index is 1.29. The van der Waals surface area contributed by atoms with Crippen molar-refractivity contribution in [3.8, 4) is 0 Å². The van der Waals surface area contributed by atoms with Gasteiger partial charge in [-0.3, -0.25) is 4.90 Å². The first-order valence-electron chi connectivity index (χ1n) is 12.6. The maximum absolute atomic E-state index is 11.8. The number of aromatic nitrogens is 1. The normalized spacial score (nSPS) is 31.7. The minimum atomic E-state index is -0.673. The highest BCUT2D eigenvalue weighted by Gasteiger charge is 2.47. The summed E-state index contributed by atoms with van der Waals surface area (Å²) in [6.45, 7) is 6.32. The molecule has 8 rings (SSSR count). The van der Waals surface area contributed by atoms with Crippen molar-refractivity contribution in [3.63, 3.8) is 0 Å². The van der Waals surface area contributed by atoms with Crippen molar-refractivity contribution >= 4 is 10.9 Å². The molecular formula is C28H33N3O. The smallest absolute Gasteiger partial charge is 0.105 e. The fourth-order valence-corrected chi connectivity index (χ4v) is 7.32. The maximum Gasteiger partial charge on any atom is 0.105 e. The third-order valence-corrected chi connectivity index (χ3v) is 8.94. The molecule has 3 fully saturated rings. The second-order valence-electron chi connectivity index (χ2n) is 10.6. The molecule has 0 amide bonds. The Labute approximate surface area is 190 Å². The summed E-state index contributed by atoms with van der Waals surface area (Å²) < 4.78 is 2.61. The van der Waals surface area contributed by atoms with Crippen molar-refractivity contribution in [2.75, 3.05) is 26.2 Å². The van der Waals surface area contributed by atoms with E-state index in [0.717, 1.165) is 57.7 Å². The first kappa shape index (κ1) is 19.3. The fraction of sp³-hybridized carbons (Fsp3) is 0.500. The van der Waals surface area contributed by atoms with Crippen LogP contribution < -0.4 is 0 Å². The van der Waals surface area contributed by atoms with Gasteiger partial charge in [0.05, 0.1) is 6.04 Å². The number of aliphatic hydroxyl groups is 1. The molecule has 1 N–H and O–H groups in total. The highest BCUT2D eigenvalue weighted by Crippen LogP contribution is 2.46. The third kappa shape index (κ3) is 2.79. The van der Waals surface area contributed by atoms with Crippen molar-refractivity contribution in [2.45, 2.75) is 56.8 Å². The van der Waals surface area contributed by atoms with Gasteiger partial charge in [0.15, 0.2) is 0 Å². The number of aryl methyl sites for hydroxylation is 1. The monoisotopic (exact) mass is 427 g/mol. The molecule has 2 aromatic carbocycles. The Morgan fingerprint density at radius 1 is 0.938 bits per heavy atom. The van der Waals surface area contributed by atoms with Gasteiger partial charge in [0.2, 0.25) is 0 Å². The van der Waals surface area contributed by atoms with E-state index in [-0.39, 0.29) is 0 Å². The summed E-state index contributed by atoms with van der Waals surface area (Å²) in [5.74, 6) is 0.410. The van der Waals surface area contributed by atoms with Crippen LogP contribution >= 0.6 is 0 Å². The lowest BCUT2D eigenvalue weighted by atomic mass is 9.71. The molecule has 0 spiro atoms. The summed E-state index contributed by atoms with van der Waals surface area (Å²) in [5, 5.41) is 13.2. The van der Waals surface area contributed by atoms with Crippen molar-refractivity contribution in [1.82, 2.24) is 14.4 Å². The minimum Gasteiger partial charge on any atom is -0.384 e. The van der Waals surface area contributed by atoms with E-state index in [9.17, 15) is 5.11 Å². The van der Waals surface area contributed by atoms with Gasteiger partial charge in [0.1, 0.15) is 5.60 Å². The molecule has 0 radical (unpaired) electrons. The van der Waals surface area contributed by atoms with Gasteiger partial charge in [0.25, 0.3) is 0 Å². The van der Waals surface area contributed by atoms with Crippen LogP contribution in [0.5, 0.6) is 0 Å². The van der Waals surface area contributed by atoms with Crippen LogP contribution in [-0.4, -0.2) is 45.7 Å². The van der Waals surface area contributed by atoms with Crippen LogP contribution in [0.3, 0.4) is 0 Å². The molecule has 0 saturated carbocycles. The van der Waals surface area contributed by atoms with Crippen LogP contribution in [0.1, 0.15) is 54.1 Å². The van der Waals surface area contributed by atoms with E-state index < -0.39 is 5.60 Å². The van der Waals surface area contributed by atoms with E-state index in [1.54, 1.807) is 11.3 Å². The summed E-state index contributed by atoms with van der Waals surface area (Å²) in [6.07, 6.45) is 5.94. The first-order chi connectivity index (χ1) is 15.7. The molecule has 1 aliphatic carbocycles. The zero-order valence-electron chi connectivity index (χ0n) is 18.8. The molecule has 3 saturated heterocycles. The molecule has 4 aliphatic heterocycles. The molecule has 4 nitrogen and oxygen atoms in total. The topological polar surface area (TPSA) is 31.6 Å². The largest absolute Gasteiger partial charge is 0.384 e. The lowest BCUT2D eigenvalue weighted by Gasteiger charge is -2.50. The van der Waals surface area contributed by atoms with Gasteiger partial charge in [-0.15, -0.1) is 0 Å². The lowest BCUT2D eigenvalue weighted by molar-refractivity contribution is -0.117. The molecule has 2 atom stereocenters. The molecule has 166 valence electrons. The maximum atomic E-state index is 11.8. The van der Waals surface area contributed by atoms with Crippen LogP contribution in [0.15, 0.2) is 48.5 Å². The number of fused-ring (bicyclic) bond motifs is 6. The second kappa shape index (κ2) is 7.18. The summed E-state index contributed by atoms with van der Waals surface area (Å²) >= 11 is 0. The minimum absolute atomic E-state index is 0.410. The molecule has 0 unspecified atom stereocenters. The Morgan fingerprint density at radius 2 is 1.78 bits per heavy atom. The van der Waals surface area contributed by atoms with Gasteiger partial charge in [0, 0.05) is 42.8 Å². The predicted octanol–water partition coefficient (Wildman–Crippen LogP) is 4.45. The molecule has 3 aromatic rings. The summed E-state index contributed by atoms with van der Waals surface area (Å²) in [7, 11) is 0. The van der Waals surface area contributed by atoms with E-state index in [4.69, 9.17) is 0 Å². The number of hydrogen-bond donors (Lipinski definition) is 1. The van der Waals surface area contributed by atoms with Crippen LogP contribution in [0.2, 0.25) is 0 Å². The van der Waals surface area contributed by atoms with E-state index in [1.165, 1.54) is 35.7 Å². The standard InChI is InChI=1S/C28H33N3O/c32-28(19-29-13-11-21(28)12-14-29)22-9-10-25-24(17-22)23-7-4-8-26-27(23)31(25)16-15-30(26)18-20-5-2-1-3-6-20/h1-3,5-6,9-10,17,21,26,32H,4,7-8,11-16,18-19H2/t26-,28-/m1/s1. The average molecular weight is 428 g/mol. The molecule has 5 aliphatic rings. The number of piperidine rings is 3. The molecular weight excluding hydrogens is 394 g/mol. The third-order valence-electron chi connectivity index (χ3n) is 8.94. The van der Waals surface area contributed by atoms with Gasteiger partial charge in [-0.25, -0.2) is 0 Å². The van der Waals surface area contributed by atoms with Gasteiger partial charge < -0.3 is 14.6 Å². The SMILES string of the molecule is O[C@]1(c2ccc3c(c2)c2c4n3CCN(Cc3ccccc3)[C@@H]4CCC2)CN2CCC1CC2. The number of nitrogens with zero attached hydrogens (tertiary/aromatic N) is 3. The van der Waals surface area contributed by atoms with Crippen LogP contribution in [-0.2, 0) is 25.1 Å². The summed E-state index contributed by atoms with van der Waals surface area (Å²) in [5.41, 5.74) is 6.40. The zero-order chi connectivity index (χ0) is 21.3. The fourth-order valence-electron chi connectivity index (χ4n) is 7.32. The molecule has 2 bridgehead atoms. The lowest BCUT2D eigenvalue weighted by Crippen LogP contribution is -2.57. The molecule has 4 heteroatoms.